The van der Waals surface area contributed by atoms with Crippen LogP contribution in [0.3, 0.4) is 0 Å². The van der Waals surface area contributed by atoms with Crippen molar-refractivity contribution in [3.63, 3.8) is 0 Å². The summed E-state index contributed by atoms with van der Waals surface area (Å²) in [5, 5.41) is 1.01. The lowest BCUT2D eigenvalue weighted by atomic mass is 9.99. The molecular weight excluding hydrogens is 408 g/mol. The fourth-order valence-electron chi connectivity index (χ4n) is 4.04. The van der Waals surface area contributed by atoms with E-state index in [4.69, 9.17) is 14.2 Å². The second kappa shape index (κ2) is 8.78. The lowest BCUT2D eigenvalue weighted by molar-refractivity contribution is -0.0200. The van der Waals surface area contributed by atoms with Gasteiger partial charge in [-0.2, -0.15) is 0 Å². The molecule has 0 saturated carbocycles. The van der Waals surface area contributed by atoms with Crippen molar-refractivity contribution in [2.75, 3.05) is 20.8 Å². The molecule has 0 bridgehead atoms. The van der Waals surface area contributed by atoms with Crippen LogP contribution in [0.2, 0.25) is 0 Å². The summed E-state index contributed by atoms with van der Waals surface area (Å²) in [5.41, 5.74) is 1.88. The van der Waals surface area contributed by atoms with Crippen molar-refractivity contribution in [1.82, 2.24) is 19.9 Å². The number of piperidine rings is 1. The maximum atomic E-state index is 12.9. The molecule has 1 aliphatic heterocycles. The van der Waals surface area contributed by atoms with Gasteiger partial charge in [0.1, 0.15) is 11.4 Å². The number of ether oxygens (including phenoxy) is 3. The number of fused-ring (bicyclic) bond motifs is 1. The van der Waals surface area contributed by atoms with Gasteiger partial charge < -0.3 is 19.2 Å². The first-order chi connectivity index (χ1) is 15.3. The number of aromatic nitrogens is 3. The molecule has 1 unspecified atom stereocenters. The number of aromatic amines is 1. The van der Waals surface area contributed by atoms with Gasteiger partial charge >= 0.3 is 6.09 Å². The molecule has 1 N–H and O–H groups in total. The van der Waals surface area contributed by atoms with Crippen molar-refractivity contribution < 1.29 is 19.0 Å². The molecule has 1 amide bonds. The highest BCUT2D eigenvalue weighted by atomic mass is 16.6. The van der Waals surface area contributed by atoms with E-state index in [0.29, 0.717) is 24.7 Å². The van der Waals surface area contributed by atoms with Crippen LogP contribution in [0, 0.1) is 0 Å². The molecule has 1 aromatic carbocycles. The molecule has 0 aliphatic carbocycles. The molecule has 8 nitrogen and oxygen atoms in total. The van der Waals surface area contributed by atoms with Crippen LogP contribution in [0.25, 0.3) is 22.2 Å². The van der Waals surface area contributed by atoms with Crippen LogP contribution in [0.15, 0.2) is 36.5 Å². The zero-order chi connectivity index (χ0) is 22.9. The Morgan fingerprint density at radius 3 is 2.72 bits per heavy atom. The Labute approximate surface area is 187 Å². The summed E-state index contributed by atoms with van der Waals surface area (Å²) < 4.78 is 16.8. The number of H-pyrrole nitrogens is 1. The SMILES string of the molecule is COc1nc2ccccc2cc1-c1cnc([C@@H]2CC(OC)CCN2C(=O)OC(C)(C)C)[nH]1. The van der Waals surface area contributed by atoms with E-state index >= 15 is 0 Å². The lowest BCUT2D eigenvalue weighted by Gasteiger charge is -2.38. The first-order valence-corrected chi connectivity index (χ1v) is 10.8. The minimum Gasteiger partial charge on any atom is -0.480 e. The Bertz CT molecular complexity index is 1100. The van der Waals surface area contributed by atoms with Crippen LogP contribution in [0.5, 0.6) is 5.88 Å². The van der Waals surface area contributed by atoms with Gasteiger partial charge in [-0.25, -0.2) is 14.8 Å². The Hall–Kier alpha value is -3.13. The van der Waals surface area contributed by atoms with Crippen molar-refractivity contribution in [3.8, 4) is 17.1 Å². The maximum Gasteiger partial charge on any atom is 0.410 e. The summed E-state index contributed by atoms with van der Waals surface area (Å²) >= 11 is 0. The summed E-state index contributed by atoms with van der Waals surface area (Å²) in [6, 6.07) is 9.64. The molecule has 1 aliphatic rings. The van der Waals surface area contributed by atoms with Crippen molar-refractivity contribution in [2.45, 2.75) is 51.4 Å². The quantitative estimate of drug-likeness (QED) is 0.634. The van der Waals surface area contributed by atoms with Gasteiger partial charge in [0.2, 0.25) is 5.88 Å². The zero-order valence-electron chi connectivity index (χ0n) is 19.2. The highest BCUT2D eigenvalue weighted by Crippen LogP contribution is 2.35. The Morgan fingerprint density at radius 1 is 1.22 bits per heavy atom. The normalized spacial score (nSPS) is 19.2. The molecular formula is C24H30N4O4. The molecule has 8 heteroatoms. The number of carbonyl (C=O) groups excluding carboxylic acids is 1. The van der Waals surface area contributed by atoms with Crippen LogP contribution < -0.4 is 4.74 Å². The fourth-order valence-corrected chi connectivity index (χ4v) is 4.04. The lowest BCUT2D eigenvalue weighted by Crippen LogP contribution is -2.45. The summed E-state index contributed by atoms with van der Waals surface area (Å²) in [5.74, 6) is 1.20. The van der Waals surface area contributed by atoms with Gasteiger partial charge in [0.15, 0.2) is 0 Å². The fraction of sp³-hybridized carbons (Fsp3) is 0.458. The highest BCUT2D eigenvalue weighted by molar-refractivity contribution is 5.85. The van der Waals surface area contributed by atoms with Crippen LogP contribution in [-0.2, 0) is 9.47 Å². The third-order valence-corrected chi connectivity index (χ3v) is 5.60. The smallest absolute Gasteiger partial charge is 0.410 e. The summed E-state index contributed by atoms with van der Waals surface area (Å²) in [7, 11) is 3.30. The van der Waals surface area contributed by atoms with Gasteiger partial charge in [-0.05, 0) is 39.3 Å². The van der Waals surface area contributed by atoms with E-state index in [2.05, 4.69) is 15.0 Å². The van der Waals surface area contributed by atoms with Crippen molar-refractivity contribution >= 4 is 17.0 Å². The number of benzene rings is 1. The highest BCUT2D eigenvalue weighted by Gasteiger charge is 2.37. The third kappa shape index (κ3) is 4.55. The van der Waals surface area contributed by atoms with Gasteiger partial charge in [-0.1, -0.05) is 18.2 Å². The first kappa shape index (κ1) is 22.1. The number of pyridine rings is 1. The van der Waals surface area contributed by atoms with Gasteiger partial charge in [0, 0.05) is 25.5 Å². The van der Waals surface area contributed by atoms with Crippen LogP contribution in [0.1, 0.15) is 45.5 Å². The first-order valence-electron chi connectivity index (χ1n) is 10.8. The predicted molar refractivity (Wildman–Crippen MR) is 122 cm³/mol. The van der Waals surface area contributed by atoms with Crippen LogP contribution >= 0.6 is 0 Å². The number of methoxy groups -OCH3 is 2. The molecule has 2 atom stereocenters. The summed E-state index contributed by atoms with van der Waals surface area (Å²) in [4.78, 5) is 27.3. The van der Waals surface area contributed by atoms with Gasteiger partial charge in [-0.3, -0.25) is 4.90 Å². The molecule has 4 rings (SSSR count). The number of rotatable bonds is 4. The third-order valence-electron chi connectivity index (χ3n) is 5.60. The van der Waals surface area contributed by atoms with E-state index in [9.17, 15) is 4.79 Å². The van der Waals surface area contributed by atoms with Gasteiger partial charge in [0.25, 0.3) is 0 Å². The van der Waals surface area contributed by atoms with E-state index in [1.165, 1.54) is 0 Å². The number of hydrogen-bond donors (Lipinski definition) is 1. The average Bonchev–Trinajstić information content (AvgIpc) is 3.26. The Morgan fingerprint density at radius 2 is 2.00 bits per heavy atom. The second-order valence-corrected chi connectivity index (χ2v) is 8.99. The minimum atomic E-state index is -0.571. The van der Waals surface area contributed by atoms with E-state index < -0.39 is 5.60 Å². The number of nitrogens with zero attached hydrogens (tertiary/aromatic N) is 3. The molecule has 1 saturated heterocycles. The monoisotopic (exact) mass is 438 g/mol. The topological polar surface area (TPSA) is 89.6 Å². The molecule has 170 valence electrons. The largest absolute Gasteiger partial charge is 0.480 e. The summed E-state index contributed by atoms with van der Waals surface area (Å²) in [6.07, 6.45) is 2.84. The van der Waals surface area contributed by atoms with Crippen molar-refractivity contribution in [1.29, 1.82) is 0 Å². The van der Waals surface area contributed by atoms with E-state index in [1.807, 2.05) is 51.1 Å². The van der Waals surface area contributed by atoms with Crippen LogP contribution in [0.4, 0.5) is 4.79 Å². The number of carbonyl (C=O) groups is 1. The molecule has 0 spiro atoms. The van der Waals surface area contributed by atoms with E-state index in [-0.39, 0.29) is 18.2 Å². The average molecular weight is 439 g/mol. The van der Waals surface area contributed by atoms with Gasteiger partial charge in [-0.15, -0.1) is 0 Å². The number of imidazole rings is 1. The minimum absolute atomic E-state index is 0.0455. The van der Waals surface area contributed by atoms with Gasteiger partial charge in [0.05, 0.1) is 42.2 Å². The number of amides is 1. The van der Waals surface area contributed by atoms with Crippen molar-refractivity contribution in [3.05, 3.63) is 42.4 Å². The molecule has 32 heavy (non-hydrogen) atoms. The molecule has 0 radical (unpaired) electrons. The predicted octanol–water partition coefficient (Wildman–Crippen LogP) is 4.72. The second-order valence-electron chi connectivity index (χ2n) is 8.99. The van der Waals surface area contributed by atoms with E-state index in [1.54, 1.807) is 25.3 Å². The molecule has 1 fully saturated rings. The van der Waals surface area contributed by atoms with Crippen molar-refractivity contribution in [2.24, 2.45) is 0 Å². The number of nitrogens with one attached hydrogen (secondary N) is 1. The standard InChI is InChI=1S/C24H30N4O4/c1-24(2,3)32-23(29)28-11-10-16(30-4)13-20(28)21-25-14-19(26-21)17-12-15-8-6-7-9-18(15)27-22(17)31-5/h6-9,12,14,16,20H,10-11,13H2,1-5H3,(H,25,26)/t16?,20-/m0/s1. The Balaban J connectivity index is 1.68. The van der Waals surface area contributed by atoms with E-state index in [0.717, 1.165) is 28.6 Å². The van der Waals surface area contributed by atoms with Crippen LogP contribution in [-0.4, -0.2) is 58.4 Å². The molecule has 3 aromatic rings. The zero-order valence-corrected chi connectivity index (χ0v) is 19.2. The number of para-hydroxylation sites is 1. The number of hydrogen-bond acceptors (Lipinski definition) is 6. The maximum absolute atomic E-state index is 12.9. The Kier molecular flexibility index (Phi) is 6.06. The number of likely N-dealkylation sites (tertiary alicyclic amines) is 1. The molecule has 3 heterocycles. The molecule has 2 aromatic heterocycles. The summed E-state index contributed by atoms with van der Waals surface area (Å²) in [6.45, 7) is 6.14.